The molecule has 0 atom stereocenters. The Balaban J connectivity index is 1.36. The second kappa shape index (κ2) is 8.43. The molecule has 2 N–H and O–H groups in total. The number of H-pyrrole nitrogens is 1. The van der Waals surface area contributed by atoms with Crippen LogP contribution in [0.4, 0.5) is 14.7 Å². The number of hydrogen-bond acceptors (Lipinski definition) is 3. The van der Waals surface area contributed by atoms with Crippen molar-refractivity contribution in [3.05, 3.63) is 72.1 Å². The minimum Gasteiger partial charge on any atom is -0.353 e. The Morgan fingerprint density at radius 2 is 1.66 bits per heavy atom. The minimum atomic E-state index is -2.47. The van der Waals surface area contributed by atoms with Crippen LogP contribution in [0.1, 0.15) is 35.2 Å². The van der Waals surface area contributed by atoms with Gasteiger partial charge in [0.25, 0.3) is 12.3 Å². The third-order valence-electron chi connectivity index (χ3n) is 5.25. The van der Waals surface area contributed by atoms with E-state index in [9.17, 15) is 13.6 Å². The highest BCUT2D eigenvalue weighted by atomic mass is 19.3. The predicted molar refractivity (Wildman–Crippen MR) is 108 cm³/mol. The summed E-state index contributed by atoms with van der Waals surface area (Å²) in [5.41, 5.74) is 2.38. The van der Waals surface area contributed by atoms with Crippen LogP contribution in [0.2, 0.25) is 0 Å². The number of halogens is 2. The van der Waals surface area contributed by atoms with Crippen LogP contribution in [0.5, 0.6) is 0 Å². The van der Waals surface area contributed by atoms with Gasteiger partial charge in [-0.15, -0.1) is 0 Å². The number of carbonyl (C=O) groups excluding carboxylic acids is 1. The second-order valence-electron chi connectivity index (χ2n) is 7.15. The van der Waals surface area contributed by atoms with Gasteiger partial charge in [0.1, 0.15) is 0 Å². The van der Waals surface area contributed by atoms with Gasteiger partial charge in [0.05, 0.1) is 0 Å². The second-order valence-corrected chi connectivity index (χ2v) is 7.15. The first-order valence-electron chi connectivity index (χ1n) is 9.64. The highest BCUT2D eigenvalue weighted by molar-refractivity contribution is 5.94. The van der Waals surface area contributed by atoms with Crippen molar-refractivity contribution in [2.24, 2.45) is 0 Å². The Labute approximate surface area is 167 Å². The van der Waals surface area contributed by atoms with Crippen LogP contribution in [0, 0.1) is 0 Å². The number of anilines is 1. The number of nitrogens with one attached hydrogen (secondary N) is 2. The van der Waals surface area contributed by atoms with Gasteiger partial charge in [-0.05, 0) is 36.1 Å². The van der Waals surface area contributed by atoms with E-state index >= 15 is 0 Å². The number of piperidine rings is 1. The Bertz CT molecular complexity index is 932. The molecule has 1 aromatic heterocycles. The number of carbonyl (C=O) groups is 1. The van der Waals surface area contributed by atoms with Gasteiger partial charge in [-0.2, -0.15) is 0 Å². The smallest absolute Gasteiger partial charge is 0.263 e. The summed E-state index contributed by atoms with van der Waals surface area (Å²) in [5.74, 6) is 0.771. The number of aromatic amines is 1. The molecule has 0 unspecified atom stereocenters. The number of benzene rings is 2. The molecule has 2 aromatic carbocycles. The van der Waals surface area contributed by atoms with E-state index in [4.69, 9.17) is 0 Å². The highest BCUT2D eigenvalue weighted by Crippen LogP contribution is 2.25. The van der Waals surface area contributed by atoms with E-state index in [1.165, 1.54) is 12.1 Å². The summed E-state index contributed by atoms with van der Waals surface area (Å²) in [7, 11) is 0. The number of aromatic nitrogens is 2. The van der Waals surface area contributed by atoms with E-state index in [1.54, 1.807) is 36.7 Å². The van der Waals surface area contributed by atoms with Crippen molar-refractivity contribution in [2.45, 2.75) is 25.3 Å². The van der Waals surface area contributed by atoms with Gasteiger partial charge in [0.15, 0.2) is 5.95 Å². The Hall–Kier alpha value is -3.22. The number of nitrogens with zero attached hydrogens (tertiary/aromatic N) is 2. The number of hydrogen-bond donors (Lipinski definition) is 2. The van der Waals surface area contributed by atoms with E-state index in [2.05, 4.69) is 15.3 Å². The Morgan fingerprint density at radius 3 is 2.21 bits per heavy atom. The summed E-state index contributed by atoms with van der Waals surface area (Å²) >= 11 is 0. The highest BCUT2D eigenvalue weighted by Gasteiger charge is 2.24. The molecule has 0 aliphatic carbocycles. The van der Waals surface area contributed by atoms with E-state index in [0.29, 0.717) is 24.7 Å². The van der Waals surface area contributed by atoms with Crippen molar-refractivity contribution >= 4 is 11.9 Å². The molecule has 0 bridgehead atoms. The number of alkyl halides is 2. The number of rotatable bonds is 5. The summed E-state index contributed by atoms with van der Waals surface area (Å²) in [5, 5.41) is 3.35. The first-order valence-corrected chi connectivity index (χ1v) is 9.64. The summed E-state index contributed by atoms with van der Waals surface area (Å²) in [6.45, 7) is 1.38. The molecule has 1 amide bonds. The molecule has 7 heteroatoms. The molecular weight excluding hydrogens is 374 g/mol. The maximum Gasteiger partial charge on any atom is 0.263 e. The lowest BCUT2D eigenvalue weighted by atomic mass is 10.0. The molecular formula is C22H22F2N4O. The van der Waals surface area contributed by atoms with E-state index in [-0.39, 0.29) is 11.5 Å². The van der Waals surface area contributed by atoms with Crippen LogP contribution in [0.25, 0.3) is 11.1 Å². The Morgan fingerprint density at radius 1 is 1.03 bits per heavy atom. The van der Waals surface area contributed by atoms with Crippen LogP contribution in [0.15, 0.2) is 60.9 Å². The summed E-state index contributed by atoms with van der Waals surface area (Å²) in [6.07, 6.45) is 2.74. The lowest BCUT2D eigenvalue weighted by Crippen LogP contribution is -2.42. The topological polar surface area (TPSA) is 61.0 Å². The number of amides is 1. The molecule has 4 rings (SSSR count). The Kier molecular flexibility index (Phi) is 5.55. The molecule has 150 valence electrons. The summed E-state index contributed by atoms with van der Waals surface area (Å²) < 4.78 is 25.4. The molecule has 0 radical (unpaired) electrons. The molecule has 0 saturated carbocycles. The SMILES string of the molecule is O=C(c1ccc(-c2ccc(C(F)F)cc2)cc1)N1CCC(Nc2ncc[nH]2)CC1. The lowest BCUT2D eigenvalue weighted by molar-refractivity contribution is 0.0718. The third-order valence-corrected chi connectivity index (χ3v) is 5.25. The minimum absolute atomic E-state index is 0.00508. The molecule has 1 saturated heterocycles. The lowest BCUT2D eigenvalue weighted by Gasteiger charge is -2.32. The van der Waals surface area contributed by atoms with Crippen LogP contribution in [-0.2, 0) is 0 Å². The van der Waals surface area contributed by atoms with Crippen molar-refractivity contribution in [1.82, 2.24) is 14.9 Å². The average Bonchev–Trinajstić information content (AvgIpc) is 3.27. The molecule has 1 aliphatic heterocycles. The first kappa shape index (κ1) is 19.1. The largest absolute Gasteiger partial charge is 0.353 e. The quantitative estimate of drug-likeness (QED) is 0.655. The molecule has 0 spiro atoms. The van der Waals surface area contributed by atoms with Crippen LogP contribution < -0.4 is 5.32 Å². The van der Waals surface area contributed by atoms with Gasteiger partial charge in [0.2, 0.25) is 0 Å². The van der Waals surface area contributed by atoms with Crippen molar-refractivity contribution < 1.29 is 13.6 Å². The van der Waals surface area contributed by atoms with Crippen LogP contribution in [0.3, 0.4) is 0 Å². The fraction of sp³-hybridized carbons (Fsp3) is 0.273. The van der Waals surface area contributed by atoms with Crippen molar-refractivity contribution in [3.63, 3.8) is 0 Å². The van der Waals surface area contributed by atoms with Crippen LogP contribution in [-0.4, -0.2) is 39.9 Å². The zero-order valence-electron chi connectivity index (χ0n) is 15.8. The number of likely N-dealkylation sites (tertiary alicyclic amines) is 1. The van der Waals surface area contributed by atoms with Gasteiger partial charge < -0.3 is 15.2 Å². The van der Waals surface area contributed by atoms with Gasteiger partial charge in [0, 0.05) is 42.7 Å². The van der Waals surface area contributed by atoms with Crippen molar-refractivity contribution in [2.75, 3.05) is 18.4 Å². The van der Waals surface area contributed by atoms with E-state index < -0.39 is 6.43 Å². The maximum absolute atomic E-state index is 12.8. The van der Waals surface area contributed by atoms with Crippen LogP contribution >= 0.6 is 0 Å². The average molecular weight is 396 g/mol. The van der Waals surface area contributed by atoms with Gasteiger partial charge in [-0.3, -0.25) is 4.79 Å². The zero-order valence-corrected chi connectivity index (χ0v) is 15.8. The van der Waals surface area contributed by atoms with Crippen molar-refractivity contribution in [1.29, 1.82) is 0 Å². The molecule has 1 fully saturated rings. The monoisotopic (exact) mass is 396 g/mol. The number of imidazole rings is 1. The third kappa shape index (κ3) is 4.45. The molecule has 3 aromatic rings. The summed E-state index contributed by atoms with van der Waals surface area (Å²) in [4.78, 5) is 21.9. The predicted octanol–water partition coefficient (Wildman–Crippen LogP) is 4.73. The summed E-state index contributed by atoms with van der Waals surface area (Å²) in [6, 6.07) is 13.8. The maximum atomic E-state index is 12.8. The fourth-order valence-corrected chi connectivity index (χ4v) is 3.57. The van der Waals surface area contributed by atoms with E-state index in [0.717, 1.165) is 29.9 Å². The zero-order chi connectivity index (χ0) is 20.2. The van der Waals surface area contributed by atoms with Gasteiger partial charge in [-0.25, -0.2) is 13.8 Å². The van der Waals surface area contributed by atoms with Crippen molar-refractivity contribution in [3.8, 4) is 11.1 Å². The molecule has 5 nitrogen and oxygen atoms in total. The van der Waals surface area contributed by atoms with Gasteiger partial charge in [-0.1, -0.05) is 36.4 Å². The first-order chi connectivity index (χ1) is 14.1. The molecule has 1 aliphatic rings. The molecule has 2 heterocycles. The van der Waals surface area contributed by atoms with Gasteiger partial charge >= 0.3 is 0 Å². The molecule has 29 heavy (non-hydrogen) atoms. The van der Waals surface area contributed by atoms with E-state index in [1.807, 2.05) is 17.0 Å². The fourth-order valence-electron chi connectivity index (χ4n) is 3.57. The normalized spacial score (nSPS) is 14.9. The standard InChI is InChI=1S/C22H22F2N4O/c23-20(24)17-5-1-15(2-6-17)16-3-7-18(8-4-16)21(29)28-13-9-19(10-14-28)27-22-25-11-12-26-22/h1-8,11-12,19-20H,9-10,13-14H2,(H2,25,26,27).